The molecule has 0 fully saturated rings. The van der Waals surface area contributed by atoms with Crippen molar-refractivity contribution < 1.29 is 22.6 Å². The fourth-order valence-electron chi connectivity index (χ4n) is 3.53. The van der Waals surface area contributed by atoms with Gasteiger partial charge in [0.2, 0.25) is 10.0 Å². The van der Waals surface area contributed by atoms with Gasteiger partial charge >= 0.3 is 0 Å². The van der Waals surface area contributed by atoms with E-state index in [0.717, 1.165) is 28.9 Å². The molecule has 0 atom stereocenters. The first-order valence-electron chi connectivity index (χ1n) is 8.52. The molecule has 2 aromatic rings. The van der Waals surface area contributed by atoms with E-state index in [2.05, 4.69) is 0 Å². The highest BCUT2D eigenvalue weighted by molar-refractivity contribution is 7.89. The highest BCUT2D eigenvalue weighted by Gasteiger charge is 2.30. The number of sulfonamides is 1. The van der Waals surface area contributed by atoms with Crippen LogP contribution in [0.5, 0.6) is 17.2 Å². The molecule has 2 aliphatic heterocycles. The number of methoxy groups -OCH3 is 2. The molecule has 138 valence electrons. The highest BCUT2D eigenvalue weighted by atomic mass is 32.2. The van der Waals surface area contributed by atoms with E-state index >= 15 is 0 Å². The number of hydrogen-bond acceptors (Lipinski definition) is 5. The van der Waals surface area contributed by atoms with E-state index in [1.165, 1.54) is 4.31 Å². The molecule has 0 amide bonds. The van der Waals surface area contributed by atoms with Gasteiger partial charge in [0.25, 0.3) is 0 Å². The van der Waals surface area contributed by atoms with Gasteiger partial charge in [0, 0.05) is 19.5 Å². The normalized spacial score (nSPS) is 16.5. The molecular weight excluding hydrogens is 354 g/mol. The van der Waals surface area contributed by atoms with Crippen molar-refractivity contribution in [1.29, 1.82) is 0 Å². The summed E-state index contributed by atoms with van der Waals surface area (Å²) < 4.78 is 43.9. The number of fused-ring (bicyclic) bond motifs is 2. The Morgan fingerprint density at radius 3 is 2.42 bits per heavy atom. The molecule has 0 radical (unpaired) electrons. The van der Waals surface area contributed by atoms with Crippen LogP contribution >= 0.6 is 0 Å². The molecule has 0 N–H and O–H groups in total. The van der Waals surface area contributed by atoms with Crippen LogP contribution in [0, 0.1) is 0 Å². The molecule has 2 heterocycles. The lowest BCUT2D eigenvalue weighted by atomic mass is 10.0. The Labute approximate surface area is 153 Å². The molecule has 0 aliphatic carbocycles. The van der Waals surface area contributed by atoms with Gasteiger partial charge in [-0.05, 0) is 53.4 Å². The quantitative estimate of drug-likeness (QED) is 0.821. The molecule has 26 heavy (non-hydrogen) atoms. The van der Waals surface area contributed by atoms with Gasteiger partial charge in [0.15, 0.2) is 11.5 Å². The van der Waals surface area contributed by atoms with Crippen LogP contribution in [0.2, 0.25) is 0 Å². The Bertz CT molecular complexity index is 955. The first kappa shape index (κ1) is 17.2. The molecule has 7 heteroatoms. The predicted molar refractivity (Wildman–Crippen MR) is 96.5 cm³/mol. The Morgan fingerprint density at radius 1 is 0.962 bits per heavy atom. The standard InChI is InChI=1S/C19H21NO5S/c1-23-18-10-13-5-7-20(12-15(13)11-19(18)24-2)26(21,22)16-3-4-17-14(9-16)6-8-25-17/h3-4,9-11H,5-8,12H2,1-2H3. The van der Waals surface area contributed by atoms with E-state index < -0.39 is 10.0 Å². The average molecular weight is 375 g/mol. The number of nitrogens with zero attached hydrogens (tertiary/aromatic N) is 1. The molecular formula is C19H21NO5S. The van der Waals surface area contributed by atoms with Crippen LogP contribution in [-0.4, -0.2) is 40.1 Å². The third-order valence-electron chi connectivity index (χ3n) is 4.98. The first-order valence-corrected chi connectivity index (χ1v) is 9.96. The summed E-state index contributed by atoms with van der Waals surface area (Å²) >= 11 is 0. The van der Waals surface area contributed by atoms with Crippen LogP contribution in [0.1, 0.15) is 16.7 Å². The second-order valence-electron chi connectivity index (χ2n) is 6.43. The maximum atomic E-state index is 13.1. The van der Waals surface area contributed by atoms with Crippen LogP contribution in [0.15, 0.2) is 35.2 Å². The van der Waals surface area contributed by atoms with Crippen molar-refractivity contribution in [3.8, 4) is 17.2 Å². The van der Waals surface area contributed by atoms with Crippen molar-refractivity contribution in [2.45, 2.75) is 24.3 Å². The lowest BCUT2D eigenvalue weighted by Crippen LogP contribution is -2.36. The van der Waals surface area contributed by atoms with Crippen molar-refractivity contribution in [2.24, 2.45) is 0 Å². The summed E-state index contributed by atoms with van der Waals surface area (Å²) in [5.74, 6) is 2.06. The van der Waals surface area contributed by atoms with Gasteiger partial charge in [-0.1, -0.05) is 0 Å². The highest BCUT2D eigenvalue weighted by Crippen LogP contribution is 2.35. The zero-order chi connectivity index (χ0) is 18.3. The van der Waals surface area contributed by atoms with Gasteiger partial charge in [-0.3, -0.25) is 0 Å². The van der Waals surface area contributed by atoms with Gasteiger partial charge in [-0.15, -0.1) is 0 Å². The monoisotopic (exact) mass is 375 g/mol. The third kappa shape index (κ3) is 2.81. The molecule has 0 bridgehead atoms. The number of hydrogen-bond donors (Lipinski definition) is 0. The summed E-state index contributed by atoms with van der Waals surface area (Å²) in [4.78, 5) is 0.325. The minimum absolute atomic E-state index is 0.325. The topological polar surface area (TPSA) is 65.1 Å². The summed E-state index contributed by atoms with van der Waals surface area (Å²) in [7, 11) is -0.380. The molecule has 0 aromatic heterocycles. The van der Waals surface area contributed by atoms with E-state index in [4.69, 9.17) is 14.2 Å². The SMILES string of the molecule is COc1cc2c(cc1OC)CN(S(=O)(=O)c1ccc3c(c1)CCO3)CC2. The minimum Gasteiger partial charge on any atom is -0.493 e. The van der Waals surface area contributed by atoms with E-state index in [1.54, 1.807) is 32.4 Å². The Kier molecular flexibility index (Phi) is 4.28. The molecule has 4 rings (SSSR count). The molecule has 0 saturated heterocycles. The van der Waals surface area contributed by atoms with Crippen molar-refractivity contribution >= 4 is 10.0 Å². The number of ether oxygens (including phenoxy) is 3. The van der Waals surface area contributed by atoms with Crippen molar-refractivity contribution in [3.63, 3.8) is 0 Å². The summed E-state index contributed by atoms with van der Waals surface area (Å²) in [6, 6.07) is 8.92. The summed E-state index contributed by atoms with van der Waals surface area (Å²) in [5, 5.41) is 0. The van der Waals surface area contributed by atoms with Crippen LogP contribution in [-0.2, 0) is 29.4 Å². The van der Waals surface area contributed by atoms with E-state index in [9.17, 15) is 8.42 Å². The fraction of sp³-hybridized carbons (Fsp3) is 0.368. The minimum atomic E-state index is -3.56. The fourth-order valence-corrected chi connectivity index (χ4v) is 5.00. The van der Waals surface area contributed by atoms with Gasteiger partial charge < -0.3 is 14.2 Å². The first-order chi connectivity index (χ1) is 12.5. The second-order valence-corrected chi connectivity index (χ2v) is 8.37. The third-order valence-corrected chi connectivity index (χ3v) is 6.82. The molecule has 0 saturated carbocycles. The summed E-state index contributed by atoms with van der Waals surface area (Å²) in [5.41, 5.74) is 2.99. The van der Waals surface area contributed by atoms with E-state index in [0.29, 0.717) is 42.5 Å². The zero-order valence-corrected chi connectivity index (χ0v) is 15.6. The smallest absolute Gasteiger partial charge is 0.243 e. The lowest BCUT2D eigenvalue weighted by Gasteiger charge is -2.29. The van der Waals surface area contributed by atoms with Gasteiger partial charge in [-0.25, -0.2) is 8.42 Å². The van der Waals surface area contributed by atoms with Crippen molar-refractivity contribution in [1.82, 2.24) is 4.31 Å². The summed E-state index contributed by atoms with van der Waals surface area (Å²) in [6.45, 7) is 1.38. The maximum absolute atomic E-state index is 13.1. The Hall–Kier alpha value is -2.25. The maximum Gasteiger partial charge on any atom is 0.243 e. The van der Waals surface area contributed by atoms with Crippen LogP contribution in [0.25, 0.3) is 0 Å². The number of rotatable bonds is 4. The zero-order valence-electron chi connectivity index (χ0n) is 14.8. The van der Waals surface area contributed by atoms with E-state index in [1.807, 2.05) is 12.1 Å². The van der Waals surface area contributed by atoms with Gasteiger partial charge in [-0.2, -0.15) is 4.31 Å². The lowest BCUT2D eigenvalue weighted by molar-refractivity contribution is 0.348. The molecule has 0 spiro atoms. The van der Waals surface area contributed by atoms with E-state index in [-0.39, 0.29) is 0 Å². The largest absolute Gasteiger partial charge is 0.493 e. The molecule has 6 nitrogen and oxygen atoms in total. The Morgan fingerprint density at radius 2 is 1.69 bits per heavy atom. The van der Waals surface area contributed by atoms with Gasteiger partial charge in [0.1, 0.15) is 5.75 Å². The van der Waals surface area contributed by atoms with Gasteiger partial charge in [0.05, 0.1) is 25.7 Å². The average Bonchev–Trinajstić information content (AvgIpc) is 3.14. The van der Waals surface area contributed by atoms with Crippen LogP contribution in [0.3, 0.4) is 0 Å². The molecule has 2 aliphatic rings. The van der Waals surface area contributed by atoms with Crippen LogP contribution in [0.4, 0.5) is 0 Å². The molecule has 0 unspecified atom stereocenters. The predicted octanol–water partition coefficient (Wildman–Crippen LogP) is 2.39. The van der Waals surface area contributed by atoms with Crippen LogP contribution < -0.4 is 14.2 Å². The molecule has 2 aromatic carbocycles. The Balaban J connectivity index is 1.65. The summed E-state index contributed by atoms with van der Waals surface area (Å²) in [6.07, 6.45) is 1.39. The van der Waals surface area contributed by atoms with Crippen molar-refractivity contribution in [2.75, 3.05) is 27.4 Å². The van der Waals surface area contributed by atoms with Crippen molar-refractivity contribution in [3.05, 3.63) is 47.0 Å². The number of benzene rings is 2. The second kappa shape index (κ2) is 6.48.